The van der Waals surface area contributed by atoms with E-state index in [2.05, 4.69) is 10.2 Å². The highest BCUT2D eigenvalue weighted by Crippen LogP contribution is 2.27. The number of rotatable bonds is 1. The molecule has 82 valence electrons. The highest BCUT2D eigenvalue weighted by Gasteiger charge is 2.09. The SMILES string of the molecule is Cc1c(Cl)nnc(-c2cccc(Cl)c2)c1C. The zero-order chi connectivity index (χ0) is 11.7. The fourth-order valence-corrected chi connectivity index (χ4v) is 1.86. The summed E-state index contributed by atoms with van der Waals surface area (Å²) in [7, 11) is 0. The van der Waals surface area contributed by atoms with Gasteiger partial charge in [0, 0.05) is 10.6 Å². The van der Waals surface area contributed by atoms with Gasteiger partial charge in [-0.15, -0.1) is 10.2 Å². The van der Waals surface area contributed by atoms with Crippen molar-refractivity contribution in [3.8, 4) is 11.3 Å². The van der Waals surface area contributed by atoms with Gasteiger partial charge in [0.05, 0.1) is 5.69 Å². The first-order valence-corrected chi connectivity index (χ1v) is 5.60. The molecule has 0 saturated heterocycles. The van der Waals surface area contributed by atoms with Crippen LogP contribution in [0.2, 0.25) is 10.2 Å². The van der Waals surface area contributed by atoms with E-state index in [4.69, 9.17) is 23.2 Å². The van der Waals surface area contributed by atoms with Crippen LogP contribution in [-0.2, 0) is 0 Å². The van der Waals surface area contributed by atoms with E-state index in [0.717, 1.165) is 22.4 Å². The summed E-state index contributed by atoms with van der Waals surface area (Å²) >= 11 is 11.8. The molecule has 0 saturated carbocycles. The lowest BCUT2D eigenvalue weighted by Gasteiger charge is -2.08. The van der Waals surface area contributed by atoms with E-state index in [1.165, 1.54) is 0 Å². The third-order valence-electron chi connectivity index (χ3n) is 2.56. The molecule has 0 aliphatic rings. The van der Waals surface area contributed by atoms with Crippen molar-refractivity contribution >= 4 is 23.2 Å². The molecule has 1 aromatic heterocycles. The molecule has 16 heavy (non-hydrogen) atoms. The summed E-state index contributed by atoms with van der Waals surface area (Å²) in [5, 5.41) is 9.16. The average Bonchev–Trinajstić information content (AvgIpc) is 2.26. The molecule has 0 aliphatic carbocycles. The molecule has 2 nitrogen and oxygen atoms in total. The predicted molar refractivity (Wildman–Crippen MR) is 67.0 cm³/mol. The molecule has 0 amide bonds. The average molecular weight is 253 g/mol. The fraction of sp³-hybridized carbons (Fsp3) is 0.167. The monoisotopic (exact) mass is 252 g/mol. The maximum absolute atomic E-state index is 5.94. The Hall–Kier alpha value is -1.12. The van der Waals surface area contributed by atoms with Crippen molar-refractivity contribution in [2.75, 3.05) is 0 Å². The van der Waals surface area contributed by atoms with Crippen LogP contribution in [0.1, 0.15) is 11.1 Å². The number of halogens is 2. The van der Waals surface area contributed by atoms with Crippen LogP contribution < -0.4 is 0 Å². The van der Waals surface area contributed by atoms with Crippen LogP contribution in [0.15, 0.2) is 24.3 Å². The van der Waals surface area contributed by atoms with E-state index in [0.29, 0.717) is 10.2 Å². The van der Waals surface area contributed by atoms with Crippen molar-refractivity contribution in [1.82, 2.24) is 10.2 Å². The molecular weight excluding hydrogens is 243 g/mol. The van der Waals surface area contributed by atoms with Crippen LogP contribution in [0.5, 0.6) is 0 Å². The Morgan fingerprint density at radius 2 is 1.75 bits per heavy atom. The quantitative estimate of drug-likeness (QED) is 0.765. The second-order valence-corrected chi connectivity index (χ2v) is 4.39. The standard InChI is InChI=1S/C12H10Cl2N2/c1-7-8(2)12(14)16-15-11(7)9-4-3-5-10(13)6-9/h3-6H,1-2H3. The van der Waals surface area contributed by atoms with Crippen molar-refractivity contribution in [1.29, 1.82) is 0 Å². The molecule has 0 N–H and O–H groups in total. The Kier molecular flexibility index (Phi) is 3.13. The summed E-state index contributed by atoms with van der Waals surface area (Å²) in [5.41, 5.74) is 3.76. The minimum absolute atomic E-state index is 0.447. The molecule has 2 rings (SSSR count). The first kappa shape index (κ1) is 11.4. The van der Waals surface area contributed by atoms with E-state index in [1.54, 1.807) is 0 Å². The van der Waals surface area contributed by atoms with E-state index in [-0.39, 0.29) is 0 Å². The molecule has 1 aromatic carbocycles. The largest absolute Gasteiger partial charge is 0.154 e. The van der Waals surface area contributed by atoms with Crippen LogP contribution in [0.4, 0.5) is 0 Å². The summed E-state index contributed by atoms with van der Waals surface area (Å²) in [6, 6.07) is 7.54. The maximum Gasteiger partial charge on any atom is 0.154 e. The second kappa shape index (κ2) is 4.40. The van der Waals surface area contributed by atoms with Gasteiger partial charge < -0.3 is 0 Å². The minimum Gasteiger partial charge on any atom is -0.149 e. The Morgan fingerprint density at radius 3 is 2.44 bits per heavy atom. The van der Waals surface area contributed by atoms with Gasteiger partial charge in [-0.05, 0) is 37.1 Å². The molecule has 2 aromatic rings. The van der Waals surface area contributed by atoms with Crippen molar-refractivity contribution in [2.24, 2.45) is 0 Å². The van der Waals surface area contributed by atoms with Crippen molar-refractivity contribution < 1.29 is 0 Å². The number of aromatic nitrogens is 2. The fourth-order valence-electron chi connectivity index (χ4n) is 1.49. The molecule has 0 aliphatic heterocycles. The molecule has 0 unspecified atom stereocenters. The van der Waals surface area contributed by atoms with E-state index in [9.17, 15) is 0 Å². The van der Waals surface area contributed by atoms with Gasteiger partial charge in [-0.25, -0.2) is 0 Å². The van der Waals surface area contributed by atoms with Crippen LogP contribution >= 0.6 is 23.2 Å². The Balaban J connectivity index is 2.61. The Morgan fingerprint density at radius 1 is 1.00 bits per heavy atom. The van der Waals surface area contributed by atoms with Gasteiger partial charge in [0.2, 0.25) is 0 Å². The van der Waals surface area contributed by atoms with Gasteiger partial charge in [-0.2, -0.15) is 0 Å². The molecule has 4 heteroatoms. The summed E-state index contributed by atoms with van der Waals surface area (Å²) in [4.78, 5) is 0. The van der Waals surface area contributed by atoms with Crippen molar-refractivity contribution in [3.05, 3.63) is 45.6 Å². The van der Waals surface area contributed by atoms with Gasteiger partial charge in [-0.1, -0.05) is 35.3 Å². The van der Waals surface area contributed by atoms with Gasteiger partial charge in [0.1, 0.15) is 0 Å². The van der Waals surface area contributed by atoms with Gasteiger partial charge in [0.15, 0.2) is 5.15 Å². The molecule has 1 heterocycles. The molecule has 0 atom stereocenters. The molecule has 0 fully saturated rings. The highest BCUT2D eigenvalue weighted by atomic mass is 35.5. The van der Waals surface area contributed by atoms with Crippen LogP contribution in [0.3, 0.4) is 0 Å². The molecular formula is C12H10Cl2N2. The van der Waals surface area contributed by atoms with E-state index in [1.807, 2.05) is 38.1 Å². The highest BCUT2D eigenvalue weighted by molar-refractivity contribution is 6.31. The van der Waals surface area contributed by atoms with Gasteiger partial charge in [-0.3, -0.25) is 0 Å². The predicted octanol–water partition coefficient (Wildman–Crippen LogP) is 4.07. The Labute approximate surface area is 104 Å². The minimum atomic E-state index is 0.447. The van der Waals surface area contributed by atoms with E-state index < -0.39 is 0 Å². The first-order chi connectivity index (χ1) is 7.59. The van der Waals surface area contributed by atoms with Crippen LogP contribution in [0.25, 0.3) is 11.3 Å². The third kappa shape index (κ3) is 2.04. The van der Waals surface area contributed by atoms with Gasteiger partial charge in [0.25, 0.3) is 0 Å². The van der Waals surface area contributed by atoms with Crippen LogP contribution in [-0.4, -0.2) is 10.2 Å². The topological polar surface area (TPSA) is 25.8 Å². The lowest BCUT2D eigenvalue weighted by molar-refractivity contribution is 1.00. The summed E-state index contributed by atoms with van der Waals surface area (Å²) in [5.74, 6) is 0. The second-order valence-electron chi connectivity index (χ2n) is 3.60. The summed E-state index contributed by atoms with van der Waals surface area (Å²) in [6.45, 7) is 3.91. The molecule has 0 radical (unpaired) electrons. The van der Waals surface area contributed by atoms with Crippen LogP contribution in [0, 0.1) is 13.8 Å². The van der Waals surface area contributed by atoms with Crippen molar-refractivity contribution in [3.63, 3.8) is 0 Å². The number of hydrogen-bond acceptors (Lipinski definition) is 2. The van der Waals surface area contributed by atoms with Gasteiger partial charge >= 0.3 is 0 Å². The summed E-state index contributed by atoms with van der Waals surface area (Å²) < 4.78 is 0. The van der Waals surface area contributed by atoms with E-state index >= 15 is 0 Å². The zero-order valence-corrected chi connectivity index (χ0v) is 10.5. The zero-order valence-electron chi connectivity index (χ0n) is 8.96. The van der Waals surface area contributed by atoms with Crippen molar-refractivity contribution in [2.45, 2.75) is 13.8 Å². The number of hydrogen-bond donors (Lipinski definition) is 0. The number of benzene rings is 1. The lowest BCUT2D eigenvalue weighted by atomic mass is 10.0. The smallest absolute Gasteiger partial charge is 0.149 e. The number of nitrogens with zero attached hydrogens (tertiary/aromatic N) is 2. The maximum atomic E-state index is 5.94. The molecule has 0 spiro atoms. The first-order valence-electron chi connectivity index (χ1n) is 4.85. The lowest BCUT2D eigenvalue weighted by Crippen LogP contribution is -1.96. The summed E-state index contributed by atoms with van der Waals surface area (Å²) in [6.07, 6.45) is 0. The normalized spacial score (nSPS) is 10.5. The Bertz CT molecular complexity index is 539. The molecule has 0 bridgehead atoms. The third-order valence-corrected chi connectivity index (χ3v) is 3.16.